The zero-order valence-electron chi connectivity index (χ0n) is 14.9. The number of nitrogens with one attached hydrogen (secondary N) is 1. The molecular weight excluding hydrogens is 343 g/mol. The molecule has 4 nitrogen and oxygen atoms in total. The van der Waals surface area contributed by atoms with Gasteiger partial charge in [0.2, 0.25) is 11.8 Å². The van der Waals surface area contributed by atoms with Gasteiger partial charge in [-0.2, -0.15) is 0 Å². The van der Waals surface area contributed by atoms with Crippen LogP contribution in [0.4, 0.5) is 10.1 Å². The van der Waals surface area contributed by atoms with E-state index in [9.17, 15) is 14.0 Å². The zero-order valence-corrected chi connectivity index (χ0v) is 14.9. The molecule has 0 aliphatic rings. The number of fused-ring (bicyclic) bond motifs is 1. The van der Waals surface area contributed by atoms with Crippen LogP contribution in [0.5, 0.6) is 0 Å². The number of anilines is 1. The fourth-order valence-corrected chi connectivity index (χ4v) is 2.69. The first kappa shape index (κ1) is 18.3. The fraction of sp³-hybridized carbons (Fsp3) is 0.0909. The van der Waals surface area contributed by atoms with Crippen LogP contribution in [0.15, 0.2) is 72.8 Å². The lowest BCUT2D eigenvalue weighted by Gasteiger charge is -2.15. The summed E-state index contributed by atoms with van der Waals surface area (Å²) in [6.07, 6.45) is 2.94. The minimum Gasteiger partial charge on any atom is -0.333 e. The van der Waals surface area contributed by atoms with E-state index in [4.69, 9.17) is 0 Å². The van der Waals surface area contributed by atoms with Crippen molar-refractivity contribution < 1.29 is 14.0 Å². The highest BCUT2D eigenvalue weighted by Crippen LogP contribution is 2.22. The maximum absolute atomic E-state index is 12.9. The number of carbonyl (C=O) groups excluding carboxylic acids is 2. The molecule has 5 heteroatoms. The Hall–Kier alpha value is -3.47. The second-order valence-corrected chi connectivity index (χ2v) is 6.15. The van der Waals surface area contributed by atoms with E-state index in [0.717, 1.165) is 10.8 Å². The summed E-state index contributed by atoms with van der Waals surface area (Å²) in [4.78, 5) is 25.8. The average molecular weight is 362 g/mol. The number of likely N-dealkylation sites (N-methyl/N-ethyl adjacent to an activating group) is 1. The molecule has 2 amide bonds. The van der Waals surface area contributed by atoms with Crippen molar-refractivity contribution in [1.29, 1.82) is 0 Å². The number of carbonyl (C=O) groups is 2. The van der Waals surface area contributed by atoms with Crippen molar-refractivity contribution in [2.75, 3.05) is 18.9 Å². The van der Waals surface area contributed by atoms with Crippen molar-refractivity contribution >= 4 is 34.4 Å². The lowest BCUT2D eigenvalue weighted by atomic mass is 10.1. The summed E-state index contributed by atoms with van der Waals surface area (Å²) in [5.41, 5.74) is 1.42. The third kappa shape index (κ3) is 4.79. The second kappa shape index (κ2) is 8.27. The minimum atomic E-state index is -0.333. The molecule has 1 N–H and O–H groups in total. The Balaban J connectivity index is 1.61. The van der Waals surface area contributed by atoms with Crippen LogP contribution in [0, 0.1) is 5.82 Å². The second-order valence-electron chi connectivity index (χ2n) is 6.15. The van der Waals surface area contributed by atoms with Gasteiger partial charge in [0.25, 0.3) is 0 Å². The van der Waals surface area contributed by atoms with Crippen LogP contribution in [0.1, 0.15) is 5.56 Å². The van der Waals surface area contributed by atoms with Gasteiger partial charge in [0.05, 0.1) is 6.54 Å². The van der Waals surface area contributed by atoms with E-state index in [1.807, 2.05) is 42.5 Å². The molecule has 0 fully saturated rings. The highest BCUT2D eigenvalue weighted by molar-refractivity contribution is 6.04. The smallest absolute Gasteiger partial charge is 0.246 e. The van der Waals surface area contributed by atoms with Crippen LogP contribution in [-0.2, 0) is 9.59 Å². The Morgan fingerprint density at radius 1 is 1.00 bits per heavy atom. The van der Waals surface area contributed by atoms with Crippen molar-refractivity contribution in [3.8, 4) is 0 Å². The quantitative estimate of drug-likeness (QED) is 0.695. The number of hydrogen-bond acceptors (Lipinski definition) is 2. The molecular formula is C22H19FN2O2. The molecule has 0 unspecified atom stereocenters. The predicted molar refractivity (Wildman–Crippen MR) is 106 cm³/mol. The molecule has 3 aromatic rings. The summed E-state index contributed by atoms with van der Waals surface area (Å²) in [6.45, 7) is -0.0736. The van der Waals surface area contributed by atoms with Crippen molar-refractivity contribution in [2.45, 2.75) is 0 Å². The maximum Gasteiger partial charge on any atom is 0.246 e. The molecule has 0 aliphatic carbocycles. The summed E-state index contributed by atoms with van der Waals surface area (Å²) >= 11 is 0. The predicted octanol–water partition coefficient (Wildman–Crippen LogP) is 4.09. The third-order valence-corrected chi connectivity index (χ3v) is 4.11. The van der Waals surface area contributed by atoms with Crippen LogP contribution >= 0.6 is 0 Å². The van der Waals surface area contributed by atoms with Crippen LogP contribution in [0.3, 0.4) is 0 Å². The maximum atomic E-state index is 12.9. The van der Waals surface area contributed by atoms with E-state index in [-0.39, 0.29) is 24.2 Å². The number of halogens is 1. The summed E-state index contributed by atoms with van der Waals surface area (Å²) in [5.74, 6) is -0.925. The number of amides is 2. The normalized spacial score (nSPS) is 10.9. The molecule has 3 rings (SSSR count). The van der Waals surface area contributed by atoms with Crippen LogP contribution in [-0.4, -0.2) is 30.3 Å². The van der Waals surface area contributed by atoms with Crippen LogP contribution in [0.25, 0.3) is 16.8 Å². The minimum absolute atomic E-state index is 0.0736. The average Bonchev–Trinajstić information content (AvgIpc) is 2.67. The summed E-state index contributed by atoms with van der Waals surface area (Å²) in [5, 5.41) is 4.82. The van der Waals surface area contributed by atoms with E-state index in [2.05, 4.69) is 5.32 Å². The Morgan fingerprint density at radius 2 is 1.70 bits per heavy atom. The van der Waals surface area contributed by atoms with Crippen LogP contribution < -0.4 is 5.32 Å². The van der Waals surface area contributed by atoms with E-state index in [1.54, 1.807) is 25.3 Å². The molecule has 0 saturated heterocycles. The van der Waals surface area contributed by atoms with Gasteiger partial charge < -0.3 is 10.2 Å². The standard InChI is InChI=1S/C22H19FN2O2/c1-25(22(27)14-11-16-9-12-18(23)13-10-16)15-21(26)24-20-8-4-6-17-5-2-3-7-19(17)20/h2-14H,15H2,1H3,(H,24,26)/b14-11+. The first-order valence-electron chi connectivity index (χ1n) is 8.49. The van der Waals surface area contributed by atoms with Gasteiger partial charge in [0.1, 0.15) is 5.82 Å². The molecule has 0 bridgehead atoms. The Morgan fingerprint density at radius 3 is 2.48 bits per heavy atom. The number of benzene rings is 3. The van der Waals surface area contributed by atoms with Gasteiger partial charge >= 0.3 is 0 Å². The van der Waals surface area contributed by atoms with Gasteiger partial charge in [-0.15, -0.1) is 0 Å². The number of hydrogen-bond donors (Lipinski definition) is 1. The number of rotatable bonds is 5. The topological polar surface area (TPSA) is 49.4 Å². The SMILES string of the molecule is CN(CC(=O)Nc1cccc2ccccc12)C(=O)/C=C/c1ccc(F)cc1. The molecule has 0 spiro atoms. The molecule has 0 heterocycles. The molecule has 0 aliphatic heterocycles. The van der Waals surface area contributed by atoms with Crippen molar-refractivity contribution in [3.63, 3.8) is 0 Å². The molecule has 0 radical (unpaired) electrons. The Kier molecular flexibility index (Phi) is 5.61. The summed E-state index contributed by atoms with van der Waals surface area (Å²) in [6, 6.07) is 19.2. The molecule has 3 aromatic carbocycles. The van der Waals surface area contributed by atoms with Gasteiger partial charge in [-0.1, -0.05) is 48.5 Å². The van der Waals surface area contributed by atoms with E-state index in [0.29, 0.717) is 11.3 Å². The summed E-state index contributed by atoms with van der Waals surface area (Å²) in [7, 11) is 1.56. The van der Waals surface area contributed by atoms with Gasteiger partial charge in [0, 0.05) is 24.2 Å². The third-order valence-electron chi connectivity index (χ3n) is 4.11. The largest absolute Gasteiger partial charge is 0.333 e. The van der Waals surface area contributed by atoms with Gasteiger partial charge in [-0.25, -0.2) is 4.39 Å². The van der Waals surface area contributed by atoms with E-state index >= 15 is 0 Å². The molecule has 0 atom stereocenters. The molecule has 0 aromatic heterocycles. The van der Waals surface area contributed by atoms with Gasteiger partial charge in [0.15, 0.2) is 0 Å². The lowest BCUT2D eigenvalue weighted by Crippen LogP contribution is -2.33. The first-order chi connectivity index (χ1) is 13.0. The zero-order chi connectivity index (χ0) is 19.2. The van der Waals surface area contributed by atoms with Gasteiger partial charge in [-0.05, 0) is 35.2 Å². The Labute approximate surface area is 156 Å². The van der Waals surface area contributed by atoms with Crippen molar-refractivity contribution in [1.82, 2.24) is 4.90 Å². The molecule has 136 valence electrons. The van der Waals surface area contributed by atoms with Gasteiger partial charge in [-0.3, -0.25) is 9.59 Å². The molecule has 27 heavy (non-hydrogen) atoms. The van der Waals surface area contributed by atoms with E-state index < -0.39 is 0 Å². The van der Waals surface area contributed by atoms with Crippen molar-refractivity contribution in [2.24, 2.45) is 0 Å². The lowest BCUT2D eigenvalue weighted by molar-refractivity contribution is -0.129. The highest BCUT2D eigenvalue weighted by Gasteiger charge is 2.11. The monoisotopic (exact) mass is 362 g/mol. The Bertz CT molecular complexity index is 991. The highest BCUT2D eigenvalue weighted by atomic mass is 19.1. The fourth-order valence-electron chi connectivity index (χ4n) is 2.69. The molecule has 0 saturated carbocycles. The van der Waals surface area contributed by atoms with Crippen LogP contribution in [0.2, 0.25) is 0 Å². The number of nitrogens with zero attached hydrogens (tertiary/aromatic N) is 1. The first-order valence-corrected chi connectivity index (χ1v) is 8.49. The van der Waals surface area contributed by atoms with Crippen molar-refractivity contribution in [3.05, 3.63) is 84.2 Å². The van der Waals surface area contributed by atoms with E-state index in [1.165, 1.54) is 23.1 Å². The summed E-state index contributed by atoms with van der Waals surface area (Å²) < 4.78 is 12.9.